The highest BCUT2D eigenvalue weighted by molar-refractivity contribution is 5.65. The second-order valence-corrected chi connectivity index (χ2v) is 5.62. The van der Waals surface area contributed by atoms with E-state index in [1.165, 1.54) is 0 Å². The number of rotatable bonds is 4. The normalized spacial score (nSPS) is 19.1. The summed E-state index contributed by atoms with van der Waals surface area (Å²) in [7, 11) is 3.75. The zero-order valence-corrected chi connectivity index (χ0v) is 12.9. The molecule has 0 bridgehead atoms. The van der Waals surface area contributed by atoms with Crippen molar-refractivity contribution in [1.29, 1.82) is 0 Å². The Morgan fingerprint density at radius 1 is 1.32 bits per heavy atom. The SMILES string of the molecule is COc1ccc(-c2cc(N)on2)cc1OC1CCCN(C)C1. The molecular weight excluding hydrogens is 282 g/mol. The van der Waals surface area contributed by atoms with Crippen LogP contribution in [0.4, 0.5) is 5.88 Å². The fourth-order valence-electron chi connectivity index (χ4n) is 2.75. The first-order valence-corrected chi connectivity index (χ1v) is 7.41. The number of nitrogen functional groups attached to an aromatic ring is 1. The van der Waals surface area contributed by atoms with E-state index >= 15 is 0 Å². The average Bonchev–Trinajstić information content (AvgIpc) is 2.94. The average molecular weight is 303 g/mol. The maximum atomic E-state index is 6.16. The van der Waals surface area contributed by atoms with E-state index in [4.69, 9.17) is 19.7 Å². The van der Waals surface area contributed by atoms with Crippen LogP contribution < -0.4 is 15.2 Å². The summed E-state index contributed by atoms with van der Waals surface area (Å²) in [6, 6.07) is 7.41. The van der Waals surface area contributed by atoms with Gasteiger partial charge in [0.15, 0.2) is 11.5 Å². The van der Waals surface area contributed by atoms with E-state index in [2.05, 4.69) is 17.1 Å². The number of methoxy groups -OCH3 is 1. The van der Waals surface area contributed by atoms with Crippen molar-refractivity contribution in [2.24, 2.45) is 0 Å². The van der Waals surface area contributed by atoms with E-state index in [0.29, 0.717) is 17.3 Å². The fourth-order valence-corrected chi connectivity index (χ4v) is 2.75. The van der Waals surface area contributed by atoms with Crippen LogP contribution in [0.1, 0.15) is 12.8 Å². The van der Waals surface area contributed by atoms with Crippen LogP contribution in [0.5, 0.6) is 11.5 Å². The molecule has 1 aromatic carbocycles. The molecule has 3 rings (SSSR count). The van der Waals surface area contributed by atoms with Crippen molar-refractivity contribution in [2.45, 2.75) is 18.9 Å². The van der Waals surface area contributed by atoms with E-state index in [1.54, 1.807) is 13.2 Å². The van der Waals surface area contributed by atoms with Gasteiger partial charge < -0.3 is 24.6 Å². The standard InChI is InChI=1S/C16H21N3O3/c1-19-7-3-4-12(10-19)21-15-8-11(5-6-14(15)20-2)13-9-16(17)22-18-13/h5-6,8-9,12H,3-4,7,10,17H2,1-2H3. The summed E-state index contributed by atoms with van der Waals surface area (Å²) in [6.45, 7) is 2.04. The second kappa shape index (κ2) is 6.27. The Morgan fingerprint density at radius 2 is 2.18 bits per heavy atom. The van der Waals surface area contributed by atoms with Crippen molar-refractivity contribution in [3.8, 4) is 22.8 Å². The molecule has 118 valence electrons. The molecule has 22 heavy (non-hydrogen) atoms. The first-order chi connectivity index (χ1) is 10.7. The van der Waals surface area contributed by atoms with Crippen molar-refractivity contribution >= 4 is 5.88 Å². The van der Waals surface area contributed by atoms with Gasteiger partial charge >= 0.3 is 0 Å². The lowest BCUT2D eigenvalue weighted by molar-refractivity contribution is 0.101. The van der Waals surface area contributed by atoms with Crippen LogP contribution in [0.2, 0.25) is 0 Å². The Morgan fingerprint density at radius 3 is 2.86 bits per heavy atom. The second-order valence-electron chi connectivity index (χ2n) is 5.62. The van der Waals surface area contributed by atoms with Crippen molar-refractivity contribution in [1.82, 2.24) is 10.1 Å². The van der Waals surface area contributed by atoms with Crippen molar-refractivity contribution in [2.75, 3.05) is 33.0 Å². The van der Waals surface area contributed by atoms with Gasteiger partial charge in [-0.15, -0.1) is 0 Å². The predicted molar refractivity (Wildman–Crippen MR) is 84.1 cm³/mol. The fraction of sp³-hybridized carbons (Fsp3) is 0.438. The van der Waals surface area contributed by atoms with E-state index in [0.717, 1.165) is 37.2 Å². The first kappa shape index (κ1) is 14.7. The van der Waals surface area contributed by atoms with E-state index in [-0.39, 0.29) is 6.10 Å². The monoisotopic (exact) mass is 303 g/mol. The zero-order valence-electron chi connectivity index (χ0n) is 12.9. The molecule has 6 nitrogen and oxygen atoms in total. The summed E-state index contributed by atoms with van der Waals surface area (Å²) in [4.78, 5) is 2.28. The topological polar surface area (TPSA) is 73.8 Å². The number of hydrogen-bond donors (Lipinski definition) is 1. The van der Waals surface area contributed by atoms with Gasteiger partial charge in [0.2, 0.25) is 5.88 Å². The Kier molecular flexibility index (Phi) is 4.20. The lowest BCUT2D eigenvalue weighted by atomic mass is 10.1. The van der Waals surface area contributed by atoms with Crippen molar-refractivity contribution < 1.29 is 14.0 Å². The van der Waals surface area contributed by atoms with E-state index < -0.39 is 0 Å². The smallest absolute Gasteiger partial charge is 0.222 e. The molecule has 1 aromatic heterocycles. The lowest BCUT2D eigenvalue weighted by Gasteiger charge is -2.30. The summed E-state index contributed by atoms with van der Waals surface area (Å²) >= 11 is 0. The number of benzene rings is 1. The van der Waals surface area contributed by atoms with Gasteiger partial charge in [0.05, 0.1) is 7.11 Å². The van der Waals surface area contributed by atoms with Gasteiger partial charge in [-0.2, -0.15) is 0 Å². The van der Waals surface area contributed by atoms with Gasteiger partial charge in [-0.05, 0) is 44.6 Å². The van der Waals surface area contributed by atoms with Gasteiger partial charge in [-0.3, -0.25) is 0 Å². The maximum absolute atomic E-state index is 6.16. The third-order valence-corrected chi connectivity index (χ3v) is 3.86. The van der Waals surface area contributed by atoms with Crippen LogP contribution >= 0.6 is 0 Å². The molecule has 0 saturated carbocycles. The minimum absolute atomic E-state index is 0.172. The highest BCUT2D eigenvalue weighted by Crippen LogP contribution is 2.34. The molecule has 1 atom stereocenters. The zero-order chi connectivity index (χ0) is 15.5. The third-order valence-electron chi connectivity index (χ3n) is 3.86. The lowest BCUT2D eigenvalue weighted by Crippen LogP contribution is -2.38. The van der Waals surface area contributed by atoms with Crippen LogP contribution in [0.25, 0.3) is 11.3 Å². The van der Waals surface area contributed by atoms with Crippen LogP contribution in [-0.2, 0) is 0 Å². The number of hydrogen-bond acceptors (Lipinski definition) is 6. The van der Waals surface area contributed by atoms with Gasteiger partial charge in [0, 0.05) is 18.2 Å². The molecule has 0 spiro atoms. The third kappa shape index (κ3) is 3.17. The molecule has 0 radical (unpaired) electrons. The molecule has 2 aromatic rings. The number of anilines is 1. The molecule has 1 aliphatic rings. The Balaban J connectivity index is 1.84. The number of likely N-dealkylation sites (tertiary alicyclic amines) is 1. The molecule has 1 unspecified atom stereocenters. The minimum atomic E-state index is 0.172. The van der Waals surface area contributed by atoms with Crippen LogP contribution in [0, 0.1) is 0 Å². The van der Waals surface area contributed by atoms with Crippen molar-refractivity contribution in [3.63, 3.8) is 0 Å². The highest BCUT2D eigenvalue weighted by Gasteiger charge is 2.20. The first-order valence-electron chi connectivity index (χ1n) is 7.41. The molecular formula is C16H21N3O3. The van der Waals surface area contributed by atoms with Gasteiger partial charge in [-0.25, -0.2) is 0 Å². The predicted octanol–water partition coefficient (Wildman–Crippen LogP) is 2.41. The van der Waals surface area contributed by atoms with Crippen LogP contribution in [0.15, 0.2) is 28.8 Å². The molecule has 1 saturated heterocycles. The summed E-state index contributed by atoms with van der Waals surface area (Å²) in [6.07, 6.45) is 2.36. The molecule has 1 fully saturated rings. The number of aromatic nitrogens is 1. The number of nitrogens with zero attached hydrogens (tertiary/aromatic N) is 2. The largest absolute Gasteiger partial charge is 0.493 e. The molecule has 1 aliphatic heterocycles. The molecule has 2 heterocycles. The minimum Gasteiger partial charge on any atom is -0.493 e. The summed E-state index contributed by atoms with van der Waals surface area (Å²) in [5, 5.41) is 3.94. The number of ether oxygens (including phenoxy) is 2. The quantitative estimate of drug-likeness (QED) is 0.935. The van der Waals surface area contributed by atoms with Crippen LogP contribution in [-0.4, -0.2) is 43.4 Å². The Hall–Kier alpha value is -2.21. The Labute approximate surface area is 129 Å². The number of piperidine rings is 1. The molecule has 6 heteroatoms. The van der Waals surface area contributed by atoms with Gasteiger partial charge in [-0.1, -0.05) is 5.16 Å². The van der Waals surface area contributed by atoms with E-state index in [9.17, 15) is 0 Å². The van der Waals surface area contributed by atoms with Gasteiger partial charge in [0.25, 0.3) is 0 Å². The highest BCUT2D eigenvalue weighted by atomic mass is 16.5. The van der Waals surface area contributed by atoms with E-state index in [1.807, 2.05) is 18.2 Å². The molecule has 0 aliphatic carbocycles. The molecule has 2 N–H and O–H groups in total. The summed E-state index contributed by atoms with van der Waals surface area (Å²) < 4.78 is 16.5. The number of nitrogens with two attached hydrogens (primary N) is 1. The summed E-state index contributed by atoms with van der Waals surface area (Å²) in [5.74, 6) is 1.73. The van der Waals surface area contributed by atoms with Crippen LogP contribution in [0.3, 0.4) is 0 Å². The molecule has 0 amide bonds. The maximum Gasteiger partial charge on any atom is 0.222 e. The summed E-state index contributed by atoms with van der Waals surface area (Å²) in [5.41, 5.74) is 7.16. The van der Waals surface area contributed by atoms with Gasteiger partial charge in [0.1, 0.15) is 11.8 Å². The Bertz CT molecular complexity index is 641. The number of likely N-dealkylation sites (N-methyl/N-ethyl adjacent to an activating group) is 1. The van der Waals surface area contributed by atoms with Crippen molar-refractivity contribution in [3.05, 3.63) is 24.3 Å².